The van der Waals surface area contributed by atoms with Gasteiger partial charge in [0.15, 0.2) is 5.78 Å². The van der Waals surface area contributed by atoms with Crippen LogP contribution in [0.15, 0.2) is 12.1 Å². The molecule has 0 aliphatic carbocycles. The van der Waals surface area contributed by atoms with Gasteiger partial charge in [0.05, 0.1) is 10.9 Å². The molecule has 0 bridgehead atoms. The van der Waals surface area contributed by atoms with Crippen molar-refractivity contribution in [2.24, 2.45) is 0 Å². The number of nitrogens with zero attached hydrogens (tertiary/aromatic N) is 1. The predicted molar refractivity (Wildman–Crippen MR) is 55.9 cm³/mol. The Morgan fingerprint density at radius 2 is 2.06 bits per heavy atom. The Bertz CT molecular complexity index is 505. The predicted octanol–water partition coefficient (Wildman–Crippen LogP) is 2.86. The number of alkyl halides is 4. The van der Waals surface area contributed by atoms with Gasteiger partial charge in [0.2, 0.25) is 0 Å². The van der Waals surface area contributed by atoms with E-state index in [1.807, 2.05) is 0 Å². The number of aromatic hydroxyl groups is 1. The molecule has 7 heteroatoms. The molecule has 0 atom stereocenters. The summed E-state index contributed by atoms with van der Waals surface area (Å²) in [6.45, 7) is 0. The lowest BCUT2D eigenvalue weighted by molar-refractivity contribution is -0.138. The van der Waals surface area contributed by atoms with Crippen molar-refractivity contribution >= 4 is 21.7 Å². The van der Waals surface area contributed by atoms with Crippen molar-refractivity contribution in [1.29, 1.82) is 5.26 Å². The third-order valence-corrected chi connectivity index (χ3v) is 2.53. The highest BCUT2D eigenvalue weighted by atomic mass is 79.9. The van der Waals surface area contributed by atoms with Gasteiger partial charge in [-0.1, -0.05) is 15.9 Å². The minimum atomic E-state index is -4.77. The van der Waals surface area contributed by atoms with E-state index in [4.69, 9.17) is 5.26 Å². The van der Waals surface area contributed by atoms with Crippen LogP contribution in [0, 0.1) is 11.3 Å². The zero-order valence-corrected chi connectivity index (χ0v) is 9.76. The lowest BCUT2D eigenvalue weighted by atomic mass is 10.0. The van der Waals surface area contributed by atoms with Gasteiger partial charge in [0.25, 0.3) is 0 Å². The molecule has 90 valence electrons. The second-order valence-electron chi connectivity index (χ2n) is 3.05. The smallest absolute Gasteiger partial charge is 0.420 e. The molecule has 1 rings (SSSR count). The molecule has 0 aromatic heterocycles. The van der Waals surface area contributed by atoms with E-state index in [0.717, 1.165) is 6.07 Å². The van der Waals surface area contributed by atoms with Crippen LogP contribution in [-0.2, 0) is 6.18 Å². The summed E-state index contributed by atoms with van der Waals surface area (Å²) in [6.07, 6.45) is -4.77. The molecule has 0 heterocycles. The molecule has 0 amide bonds. The molecular formula is C10H5BrF3NO2. The second kappa shape index (κ2) is 4.75. The van der Waals surface area contributed by atoms with Gasteiger partial charge < -0.3 is 5.11 Å². The van der Waals surface area contributed by atoms with Crippen molar-refractivity contribution in [3.8, 4) is 11.8 Å². The lowest BCUT2D eigenvalue weighted by Crippen LogP contribution is -2.10. The van der Waals surface area contributed by atoms with Crippen molar-refractivity contribution in [3.05, 3.63) is 28.8 Å². The molecule has 0 fully saturated rings. The van der Waals surface area contributed by atoms with Crippen molar-refractivity contribution < 1.29 is 23.1 Å². The summed E-state index contributed by atoms with van der Waals surface area (Å²) in [5, 5.41) is 17.9. The number of carbonyl (C=O) groups is 1. The van der Waals surface area contributed by atoms with Crippen LogP contribution in [0.4, 0.5) is 13.2 Å². The number of Topliss-reactive ketones (excluding diaryl/α,β-unsaturated/α-hetero) is 1. The van der Waals surface area contributed by atoms with E-state index in [-0.39, 0.29) is 10.9 Å². The minimum absolute atomic E-state index is 0.146. The van der Waals surface area contributed by atoms with Gasteiger partial charge in [-0.25, -0.2) is 0 Å². The van der Waals surface area contributed by atoms with Crippen LogP contribution in [-0.4, -0.2) is 16.2 Å². The summed E-state index contributed by atoms with van der Waals surface area (Å²) in [5.74, 6) is -1.79. The third kappa shape index (κ3) is 2.58. The van der Waals surface area contributed by atoms with Crippen molar-refractivity contribution in [2.75, 3.05) is 5.33 Å². The van der Waals surface area contributed by atoms with Crippen LogP contribution in [0.3, 0.4) is 0 Å². The Kier molecular flexibility index (Phi) is 3.78. The van der Waals surface area contributed by atoms with E-state index in [9.17, 15) is 23.1 Å². The summed E-state index contributed by atoms with van der Waals surface area (Å²) in [6, 6.07) is 2.86. The van der Waals surface area contributed by atoms with Crippen LogP contribution in [0.1, 0.15) is 21.5 Å². The molecule has 0 aliphatic heterocycles. The number of ketones is 1. The first-order valence-electron chi connectivity index (χ1n) is 4.25. The molecule has 1 N–H and O–H groups in total. The highest BCUT2D eigenvalue weighted by Gasteiger charge is 2.35. The Morgan fingerprint density at radius 3 is 2.47 bits per heavy atom. The Hall–Kier alpha value is -1.55. The highest BCUT2D eigenvalue weighted by molar-refractivity contribution is 9.09. The maximum Gasteiger partial charge on any atom is 0.420 e. The van der Waals surface area contributed by atoms with E-state index < -0.39 is 28.8 Å². The number of phenols is 1. The maximum atomic E-state index is 12.4. The SMILES string of the molecule is N#Cc1c(C(=O)CBr)ccc(C(F)(F)F)c1O. The number of nitriles is 1. The van der Waals surface area contributed by atoms with E-state index in [1.165, 1.54) is 6.07 Å². The Labute approximate surface area is 103 Å². The summed E-state index contributed by atoms with van der Waals surface area (Å²) in [4.78, 5) is 11.3. The van der Waals surface area contributed by atoms with Crippen LogP contribution >= 0.6 is 15.9 Å². The quantitative estimate of drug-likeness (QED) is 0.675. The average molecular weight is 308 g/mol. The molecule has 0 aliphatic rings. The molecular weight excluding hydrogens is 303 g/mol. The fourth-order valence-electron chi connectivity index (χ4n) is 1.24. The van der Waals surface area contributed by atoms with Gasteiger partial charge in [-0.15, -0.1) is 0 Å². The number of hydrogen-bond donors (Lipinski definition) is 1. The van der Waals surface area contributed by atoms with E-state index in [1.54, 1.807) is 0 Å². The highest BCUT2D eigenvalue weighted by Crippen LogP contribution is 2.38. The normalized spacial score (nSPS) is 11.0. The van der Waals surface area contributed by atoms with Crippen LogP contribution < -0.4 is 0 Å². The van der Waals surface area contributed by atoms with Crippen molar-refractivity contribution in [1.82, 2.24) is 0 Å². The Balaban J connectivity index is 3.50. The van der Waals surface area contributed by atoms with Crippen LogP contribution in [0.2, 0.25) is 0 Å². The number of benzene rings is 1. The molecule has 0 saturated carbocycles. The fraction of sp³-hybridized carbons (Fsp3) is 0.200. The average Bonchev–Trinajstić information content (AvgIpc) is 2.25. The topological polar surface area (TPSA) is 61.1 Å². The van der Waals surface area contributed by atoms with Crippen molar-refractivity contribution in [3.63, 3.8) is 0 Å². The van der Waals surface area contributed by atoms with E-state index in [2.05, 4.69) is 15.9 Å². The largest absolute Gasteiger partial charge is 0.506 e. The molecule has 17 heavy (non-hydrogen) atoms. The third-order valence-electron chi connectivity index (χ3n) is 2.02. The molecule has 0 unspecified atom stereocenters. The monoisotopic (exact) mass is 307 g/mol. The van der Waals surface area contributed by atoms with Crippen LogP contribution in [0.25, 0.3) is 0 Å². The second-order valence-corrected chi connectivity index (χ2v) is 3.61. The number of hydrogen-bond acceptors (Lipinski definition) is 3. The van der Waals surface area contributed by atoms with Gasteiger partial charge >= 0.3 is 6.18 Å². The van der Waals surface area contributed by atoms with Gasteiger partial charge in [0, 0.05) is 5.56 Å². The number of carbonyl (C=O) groups excluding carboxylic acids is 1. The lowest BCUT2D eigenvalue weighted by Gasteiger charge is -2.11. The van der Waals surface area contributed by atoms with Gasteiger partial charge in [0.1, 0.15) is 17.4 Å². The standard InChI is InChI=1S/C10H5BrF3NO2/c11-3-8(16)5-1-2-7(10(12,13)14)9(17)6(5)4-15/h1-2,17H,3H2. The van der Waals surface area contributed by atoms with Gasteiger partial charge in [-0.05, 0) is 12.1 Å². The number of phenolic OH excluding ortho intramolecular Hbond substituents is 1. The first-order valence-corrected chi connectivity index (χ1v) is 5.37. The van der Waals surface area contributed by atoms with Crippen molar-refractivity contribution in [2.45, 2.75) is 6.18 Å². The molecule has 0 saturated heterocycles. The Morgan fingerprint density at radius 1 is 1.47 bits per heavy atom. The first-order chi connectivity index (χ1) is 7.82. The molecule has 1 aromatic rings. The number of rotatable bonds is 2. The molecule has 0 radical (unpaired) electrons. The maximum absolute atomic E-state index is 12.4. The summed E-state index contributed by atoms with van der Waals surface area (Å²) in [7, 11) is 0. The summed E-state index contributed by atoms with van der Waals surface area (Å²) >= 11 is 2.83. The molecule has 3 nitrogen and oxygen atoms in total. The van der Waals surface area contributed by atoms with Crippen LogP contribution in [0.5, 0.6) is 5.75 Å². The zero-order chi connectivity index (χ0) is 13.2. The summed E-state index contributed by atoms with van der Waals surface area (Å²) in [5.41, 5.74) is -2.24. The molecule has 0 spiro atoms. The summed E-state index contributed by atoms with van der Waals surface area (Å²) < 4.78 is 37.2. The van der Waals surface area contributed by atoms with Gasteiger partial charge in [-0.2, -0.15) is 18.4 Å². The first kappa shape index (κ1) is 13.5. The molecule has 1 aromatic carbocycles. The van der Waals surface area contributed by atoms with Gasteiger partial charge in [-0.3, -0.25) is 4.79 Å². The minimum Gasteiger partial charge on any atom is -0.506 e. The number of halogens is 4. The zero-order valence-electron chi connectivity index (χ0n) is 8.18. The van der Waals surface area contributed by atoms with E-state index in [0.29, 0.717) is 6.07 Å². The van der Waals surface area contributed by atoms with E-state index >= 15 is 0 Å². The fourth-order valence-corrected chi connectivity index (χ4v) is 1.54.